The molecule has 0 radical (unpaired) electrons. The number of nitrogens with one attached hydrogen (secondary N) is 1. The summed E-state index contributed by atoms with van der Waals surface area (Å²) in [5.74, 6) is -0.0299. The summed E-state index contributed by atoms with van der Waals surface area (Å²) < 4.78 is 5.01. The van der Waals surface area contributed by atoms with Crippen molar-refractivity contribution >= 4 is 11.9 Å². The average molecular weight is 256 g/mol. The first-order valence-electron chi connectivity index (χ1n) is 6.71. The molecule has 5 heteroatoms. The Labute approximate surface area is 109 Å². The zero-order valence-corrected chi connectivity index (χ0v) is 11.6. The van der Waals surface area contributed by atoms with E-state index >= 15 is 0 Å². The van der Waals surface area contributed by atoms with Gasteiger partial charge in [0.15, 0.2) is 0 Å². The zero-order chi connectivity index (χ0) is 13.5. The largest absolute Gasteiger partial charge is 0.466 e. The number of piperidine rings is 1. The minimum absolute atomic E-state index is 0.00867. The van der Waals surface area contributed by atoms with Crippen molar-refractivity contribution in [3.8, 4) is 0 Å². The first-order valence-corrected chi connectivity index (χ1v) is 6.71. The summed E-state index contributed by atoms with van der Waals surface area (Å²) >= 11 is 0. The molecule has 0 atom stereocenters. The highest BCUT2D eigenvalue weighted by molar-refractivity contribution is 5.78. The van der Waals surface area contributed by atoms with Crippen LogP contribution in [-0.4, -0.2) is 49.1 Å². The molecule has 1 amide bonds. The number of rotatable bonds is 5. The Hall–Kier alpha value is -1.10. The number of amides is 1. The number of nitrogens with zero attached hydrogens (tertiary/aromatic N) is 1. The molecule has 0 unspecified atom stereocenters. The van der Waals surface area contributed by atoms with Crippen LogP contribution in [0.2, 0.25) is 0 Å². The Morgan fingerprint density at radius 1 is 1.33 bits per heavy atom. The molecule has 18 heavy (non-hydrogen) atoms. The lowest BCUT2D eigenvalue weighted by Gasteiger charge is -2.30. The van der Waals surface area contributed by atoms with Crippen molar-refractivity contribution in [1.29, 1.82) is 0 Å². The lowest BCUT2D eigenvalue weighted by Crippen LogP contribution is -2.44. The van der Waals surface area contributed by atoms with Gasteiger partial charge in [-0.2, -0.15) is 0 Å². The third-order valence-corrected chi connectivity index (χ3v) is 3.02. The molecule has 0 aromatic rings. The zero-order valence-electron chi connectivity index (χ0n) is 11.6. The molecule has 1 N–H and O–H groups in total. The summed E-state index contributed by atoms with van der Waals surface area (Å²) in [6, 6.07) is 0.176. The molecule has 104 valence electrons. The van der Waals surface area contributed by atoms with Gasteiger partial charge in [-0.05, 0) is 46.7 Å². The number of ether oxygens (including phenoxy) is 1. The Kier molecular flexibility index (Phi) is 6.12. The lowest BCUT2D eigenvalue weighted by atomic mass is 9.97. The maximum absolute atomic E-state index is 11.6. The van der Waals surface area contributed by atoms with Gasteiger partial charge in [-0.3, -0.25) is 14.5 Å². The summed E-state index contributed by atoms with van der Waals surface area (Å²) in [6.07, 6.45) is 1.57. The second-order valence-electron chi connectivity index (χ2n) is 5.02. The van der Waals surface area contributed by atoms with Crippen LogP contribution in [0.1, 0.15) is 33.6 Å². The Morgan fingerprint density at radius 3 is 2.44 bits per heavy atom. The van der Waals surface area contributed by atoms with Crippen LogP contribution < -0.4 is 5.32 Å². The van der Waals surface area contributed by atoms with Gasteiger partial charge in [-0.25, -0.2) is 0 Å². The van der Waals surface area contributed by atoms with Crippen molar-refractivity contribution in [1.82, 2.24) is 10.2 Å². The quantitative estimate of drug-likeness (QED) is 0.739. The molecule has 1 aliphatic heterocycles. The number of carbonyl (C=O) groups excluding carboxylic acids is 2. The number of likely N-dealkylation sites (tertiary alicyclic amines) is 1. The van der Waals surface area contributed by atoms with Crippen molar-refractivity contribution in [2.24, 2.45) is 5.92 Å². The molecule has 0 bridgehead atoms. The maximum Gasteiger partial charge on any atom is 0.309 e. The van der Waals surface area contributed by atoms with Gasteiger partial charge < -0.3 is 10.1 Å². The van der Waals surface area contributed by atoms with Crippen molar-refractivity contribution in [3.05, 3.63) is 0 Å². The standard InChI is InChI=1S/C13H24N2O3/c1-4-18-13(17)11-5-7-15(8-6-11)9-12(16)14-10(2)3/h10-11H,4-9H2,1-3H3,(H,14,16). The number of esters is 1. The van der Waals surface area contributed by atoms with Crippen LogP contribution in [0.3, 0.4) is 0 Å². The van der Waals surface area contributed by atoms with Gasteiger partial charge in [0.1, 0.15) is 0 Å². The normalized spacial score (nSPS) is 17.8. The van der Waals surface area contributed by atoms with Crippen LogP contribution in [0, 0.1) is 5.92 Å². The maximum atomic E-state index is 11.6. The van der Waals surface area contributed by atoms with Crippen LogP contribution in [0.4, 0.5) is 0 Å². The second kappa shape index (κ2) is 7.36. The highest BCUT2D eigenvalue weighted by Crippen LogP contribution is 2.18. The van der Waals surface area contributed by atoms with Gasteiger partial charge >= 0.3 is 5.97 Å². The first-order chi connectivity index (χ1) is 8.52. The molecule has 0 spiro atoms. The van der Waals surface area contributed by atoms with Crippen molar-refractivity contribution < 1.29 is 14.3 Å². The molecule has 1 heterocycles. The van der Waals surface area contributed by atoms with E-state index in [0.717, 1.165) is 25.9 Å². The summed E-state index contributed by atoms with van der Waals surface area (Å²) in [5.41, 5.74) is 0. The fourth-order valence-electron chi connectivity index (χ4n) is 2.16. The van der Waals surface area contributed by atoms with E-state index in [0.29, 0.717) is 13.2 Å². The summed E-state index contributed by atoms with van der Waals surface area (Å²) in [4.78, 5) is 25.2. The van der Waals surface area contributed by atoms with E-state index in [2.05, 4.69) is 10.2 Å². The Balaban J connectivity index is 2.27. The van der Waals surface area contributed by atoms with Crippen LogP contribution in [-0.2, 0) is 14.3 Å². The van der Waals surface area contributed by atoms with E-state index in [4.69, 9.17) is 4.74 Å². The molecular weight excluding hydrogens is 232 g/mol. The molecule has 1 fully saturated rings. The van der Waals surface area contributed by atoms with Crippen molar-refractivity contribution in [2.45, 2.75) is 39.7 Å². The van der Waals surface area contributed by atoms with E-state index in [1.54, 1.807) is 0 Å². The molecular formula is C13H24N2O3. The lowest BCUT2D eigenvalue weighted by molar-refractivity contribution is -0.149. The summed E-state index contributed by atoms with van der Waals surface area (Å²) in [6.45, 7) is 8.16. The van der Waals surface area contributed by atoms with Gasteiger partial charge in [0.2, 0.25) is 5.91 Å². The van der Waals surface area contributed by atoms with Crippen molar-refractivity contribution in [2.75, 3.05) is 26.2 Å². The van der Waals surface area contributed by atoms with Gasteiger partial charge in [-0.15, -0.1) is 0 Å². The summed E-state index contributed by atoms with van der Waals surface area (Å²) in [7, 11) is 0. The van der Waals surface area contributed by atoms with Crippen LogP contribution in [0.25, 0.3) is 0 Å². The third-order valence-electron chi connectivity index (χ3n) is 3.02. The van der Waals surface area contributed by atoms with Gasteiger partial charge in [-0.1, -0.05) is 0 Å². The Bertz CT molecular complexity index is 284. The van der Waals surface area contributed by atoms with E-state index < -0.39 is 0 Å². The predicted molar refractivity (Wildman–Crippen MR) is 69.1 cm³/mol. The van der Waals surface area contributed by atoms with E-state index in [1.807, 2.05) is 20.8 Å². The number of hydrogen-bond acceptors (Lipinski definition) is 4. The Morgan fingerprint density at radius 2 is 1.94 bits per heavy atom. The third kappa shape index (κ3) is 5.04. The molecule has 0 saturated carbocycles. The molecule has 0 aromatic heterocycles. The van der Waals surface area contributed by atoms with Gasteiger partial charge in [0.25, 0.3) is 0 Å². The number of carbonyl (C=O) groups is 2. The fourth-order valence-corrected chi connectivity index (χ4v) is 2.16. The van der Waals surface area contributed by atoms with E-state index in [-0.39, 0.29) is 23.8 Å². The predicted octanol–water partition coefficient (Wildman–Crippen LogP) is 0.786. The van der Waals surface area contributed by atoms with Crippen LogP contribution in [0.15, 0.2) is 0 Å². The fraction of sp³-hybridized carbons (Fsp3) is 0.846. The monoisotopic (exact) mass is 256 g/mol. The van der Waals surface area contributed by atoms with Gasteiger partial charge in [0, 0.05) is 6.04 Å². The van der Waals surface area contributed by atoms with E-state index in [1.165, 1.54) is 0 Å². The van der Waals surface area contributed by atoms with Gasteiger partial charge in [0.05, 0.1) is 19.1 Å². The highest BCUT2D eigenvalue weighted by atomic mass is 16.5. The molecule has 0 aromatic carbocycles. The smallest absolute Gasteiger partial charge is 0.309 e. The minimum atomic E-state index is -0.0937. The molecule has 0 aliphatic carbocycles. The summed E-state index contributed by atoms with van der Waals surface area (Å²) in [5, 5.41) is 2.87. The molecule has 1 saturated heterocycles. The number of hydrogen-bond donors (Lipinski definition) is 1. The van der Waals surface area contributed by atoms with Crippen LogP contribution in [0.5, 0.6) is 0 Å². The first kappa shape index (κ1) is 15.0. The van der Waals surface area contributed by atoms with Crippen molar-refractivity contribution in [3.63, 3.8) is 0 Å². The molecule has 5 nitrogen and oxygen atoms in total. The molecule has 1 rings (SSSR count). The van der Waals surface area contributed by atoms with E-state index in [9.17, 15) is 9.59 Å². The highest BCUT2D eigenvalue weighted by Gasteiger charge is 2.26. The topological polar surface area (TPSA) is 58.6 Å². The minimum Gasteiger partial charge on any atom is -0.466 e. The molecule has 1 aliphatic rings. The average Bonchev–Trinajstić information content (AvgIpc) is 2.29. The second-order valence-corrected chi connectivity index (χ2v) is 5.02. The van der Waals surface area contributed by atoms with Crippen LogP contribution >= 0.6 is 0 Å². The SMILES string of the molecule is CCOC(=O)C1CCN(CC(=O)NC(C)C)CC1.